The van der Waals surface area contributed by atoms with E-state index in [1.165, 1.54) is 0 Å². The molecule has 1 aromatic heterocycles. The van der Waals surface area contributed by atoms with E-state index in [9.17, 15) is 0 Å². The maximum absolute atomic E-state index is 5.69. The second-order valence-corrected chi connectivity index (χ2v) is 5.54. The van der Waals surface area contributed by atoms with Crippen LogP contribution in [0.4, 0.5) is 0 Å². The van der Waals surface area contributed by atoms with Gasteiger partial charge in [0.05, 0.1) is 0 Å². The first-order valence-corrected chi connectivity index (χ1v) is 5.65. The lowest BCUT2D eigenvalue weighted by Gasteiger charge is -2.11. The van der Waals surface area contributed by atoms with E-state index in [4.69, 9.17) is 47.0 Å². The molecule has 1 heterocycles. The van der Waals surface area contributed by atoms with Gasteiger partial charge in [-0.05, 0) is 12.5 Å². The first-order valence-electron chi connectivity index (χ1n) is 4.11. The van der Waals surface area contributed by atoms with Crippen LogP contribution >= 0.6 is 47.0 Å². The number of nitrogens with zero attached hydrogens (tertiary/aromatic N) is 1. The molecule has 0 bridgehead atoms. The number of halogens is 3. The average Bonchev–Trinajstić information content (AvgIpc) is 2.02. The first-order chi connectivity index (χ1) is 6.43. The van der Waals surface area contributed by atoms with Crippen molar-refractivity contribution in [3.8, 4) is 0 Å². The zero-order valence-electron chi connectivity index (χ0n) is 7.48. The van der Waals surface area contributed by atoms with Crippen molar-refractivity contribution in [3.05, 3.63) is 22.2 Å². The summed E-state index contributed by atoms with van der Waals surface area (Å²) in [6, 6.07) is 1.78. The van der Waals surface area contributed by atoms with Crippen molar-refractivity contribution in [1.29, 1.82) is 0 Å². The highest BCUT2D eigenvalue weighted by Gasteiger charge is 2.25. The van der Waals surface area contributed by atoms with Gasteiger partial charge in [0.2, 0.25) is 3.79 Å². The Morgan fingerprint density at radius 3 is 2.64 bits per heavy atom. The number of alkyl halides is 3. The Hall–Kier alpha value is 0.170. The molecule has 1 aromatic rings. The predicted molar refractivity (Wildman–Crippen MR) is 62.7 cm³/mol. The fraction of sp³-hybridized carbons (Fsp3) is 0.500. The van der Waals surface area contributed by atoms with E-state index in [0.717, 1.165) is 18.5 Å². The van der Waals surface area contributed by atoms with Gasteiger partial charge < -0.3 is 4.98 Å². The van der Waals surface area contributed by atoms with Crippen LogP contribution < -0.4 is 0 Å². The van der Waals surface area contributed by atoms with Crippen LogP contribution in [0.25, 0.3) is 0 Å². The maximum Gasteiger partial charge on any atom is 0.248 e. The molecular weight excluding hydrogens is 263 g/mol. The highest BCUT2D eigenvalue weighted by molar-refractivity contribution is 7.71. The Bertz CT molecular complexity index is 370. The fourth-order valence-electron chi connectivity index (χ4n) is 1.05. The summed E-state index contributed by atoms with van der Waals surface area (Å²) in [4.78, 5) is 6.90. The van der Waals surface area contributed by atoms with E-state index < -0.39 is 3.79 Å². The Morgan fingerprint density at radius 2 is 2.14 bits per heavy atom. The molecule has 0 aliphatic carbocycles. The third kappa shape index (κ3) is 3.39. The maximum atomic E-state index is 5.69. The smallest absolute Gasteiger partial charge is 0.248 e. The predicted octanol–water partition coefficient (Wildman–Crippen LogP) is 3.92. The Labute approximate surface area is 103 Å². The molecule has 0 aromatic carbocycles. The van der Waals surface area contributed by atoms with E-state index in [-0.39, 0.29) is 5.82 Å². The van der Waals surface area contributed by atoms with Crippen LogP contribution in [-0.2, 0) is 10.2 Å². The number of rotatable bonds is 2. The van der Waals surface area contributed by atoms with E-state index in [2.05, 4.69) is 16.9 Å². The van der Waals surface area contributed by atoms with Crippen molar-refractivity contribution in [2.24, 2.45) is 0 Å². The average molecular weight is 272 g/mol. The molecular formula is C8H9Cl3N2S. The highest BCUT2D eigenvalue weighted by Crippen LogP contribution is 2.35. The molecule has 0 atom stereocenters. The van der Waals surface area contributed by atoms with E-state index in [1.807, 2.05) is 0 Å². The standard InChI is InChI=1S/C8H9Cl3N2S/c1-2-3-5-4-6(14)13-7(12-5)8(9,10)11/h4H,2-3H2,1H3,(H,12,13,14). The number of aromatic amines is 1. The van der Waals surface area contributed by atoms with Crippen LogP contribution in [0, 0.1) is 4.64 Å². The van der Waals surface area contributed by atoms with Crippen molar-refractivity contribution < 1.29 is 0 Å². The summed E-state index contributed by atoms with van der Waals surface area (Å²) in [5.41, 5.74) is 0.939. The molecule has 0 saturated carbocycles. The van der Waals surface area contributed by atoms with Crippen LogP contribution in [0.5, 0.6) is 0 Å². The lowest BCUT2D eigenvalue weighted by molar-refractivity contribution is 0.836. The second kappa shape index (κ2) is 4.79. The molecule has 0 aliphatic heterocycles. The Morgan fingerprint density at radius 1 is 1.50 bits per heavy atom. The summed E-state index contributed by atoms with van der Waals surface area (Å²) in [6.07, 6.45) is 1.86. The van der Waals surface area contributed by atoms with Gasteiger partial charge in [0.25, 0.3) is 0 Å². The third-order valence-corrected chi connectivity index (χ3v) is 2.33. The van der Waals surface area contributed by atoms with Crippen LogP contribution in [0.2, 0.25) is 0 Å². The molecule has 6 heteroatoms. The number of aryl methyl sites for hydroxylation is 1. The zero-order chi connectivity index (χ0) is 10.8. The van der Waals surface area contributed by atoms with Gasteiger partial charge in [-0.15, -0.1) is 0 Å². The van der Waals surface area contributed by atoms with Crippen molar-refractivity contribution in [2.75, 3.05) is 0 Å². The van der Waals surface area contributed by atoms with Gasteiger partial charge in [0, 0.05) is 5.69 Å². The van der Waals surface area contributed by atoms with Gasteiger partial charge in [-0.1, -0.05) is 60.4 Å². The van der Waals surface area contributed by atoms with Gasteiger partial charge in [-0.2, -0.15) is 0 Å². The van der Waals surface area contributed by atoms with Gasteiger partial charge >= 0.3 is 0 Å². The number of H-pyrrole nitrogens is 1. The number of aromatic nitrogens is 2. The molecule has 0 radical (unpaired) electrons. The van der Waals surface area contributed by atoms with Crippen LogP contribution in [0.15, 0.2) is 6.07 Å². The highest BCUT2D eigenvalue weighted by atomic mass is 35.6. The first kappa shape index (κ1) is 12.2. The van der Waals surface area contributed by atoms with E-state index in [0.29, 0.717) is 4.64 Å². The van der Waals surface area contributed by atoms with Crippen molar-refractivity contribution in [2.45, 2.75) is 23.6 Å². The van der Waals surface area contributed by atoms with Gasteiger partial charge in [-0.3, -0.25) is 0 Å². The van der Waals surface area contributed by atoms with Crippen LogP contribution in [0.3, 0.4) is 0 Å². The molecule has 14 heavy (non-hydrogen) atoms. The van der Waals surface area contributed by atoms with E-state index >= 15 is 0 Å². The summed E-state index contributed by atoms with van der Waals surface area (Å²) in [5.74, 6) is 0.276. The quantitative estimate of drug-likeness (QED) is 0.652. The summed E-state index contributed by atoms with van der Waals surface area (Å²) >= 11 is 22.0. The molecule has 2 nitrogen and oxygen atoms in total. The minimum Gasteiger partial charge on any atom is -0.343 e. The molecule has 0 fully saturated rings. The van der Waals surface area contributed by atoms with Crippen molar-refractivity contribution in [1.82, 2.24) is 9.97 Å². The second-order valence-electron chi connectivity index (χ2n) is 2.84. The minimum absolute atomic E-state index is 0.276. The fourth-order valence-corrected chi connectivity index (χ4v) is 1.55. The van der Waals surface area contributed by atoms with Crippen molar-refractivity contribution >= 4 is 47.0 Å². The molecule has 1 N–H and O–H groups in total. The van der Waals surface area contributed by atoms with E-state index in [1.54, 1.807) is 6.07 Å². The van der Waals surface area contributed by atoms with Crippen LogP contribution in [-0.4, -0.2) is 9.97 Å². The van der Waals surface area contributed by atoms with Gasteiger partial charge in [0.15, 0.2) is 5.82 Å². The van der Waals surface area contributed by atoms with Gasteiger partial charge in [-0.25, -0.2) is 4.98 Å². The molecule has 0 unspecified atom stereocenters. The summed E-state index contributed by atoms with van der Waals surface area (Å²) in [5, 5.41) is 0. The topological polar surface area (TPSA) is 28.7 Å². The summed E-state index contributed by atoms with van der Waals surface area (Å²) in [7, 11) is 0. The number of nitrogens with one attached hydrogen (secondary N) is 1. The molecule has 0 saturated heterocycles. The molecule has 1 rings (SSSR count). The SMILES string of the molecule is CCCc1cc(=S)nc(C(Cl)(Cl)Cl)[nH]1. The molecule has 0 amide bonds. The largest absolute Gasteiger partial charge is 0.343 e. The molecule has 0 spiro atoms. The molecule has 78 valence electrons. The lowest BCUT2D eigenvalue weighted by Crippen LogP contribution is -2.09. The lowest BCUT2D eigenvalue weighted by atomic mass is 10.2. The number of hydrogen-bond donors (Lipinski definition) is 1. The third-order valence-electron chi connectivity index (χ3n) is 1.59. The summed E-state index contributed by atoms with van der Waals surface area (Å²) < 4.78 is -1.11. The normalized spacial score (nSPS) is 11.7. The molecule has 0 aliphatic rings. The Balaban J connectivity index is 3.14. The van der Waals surface area contributed by atoms with Crippen molar-refractivity contribution in [3.63, 3.8) is 0 Å². The summed E-state index contributed by atoms with van der Waals surface area (Å²) in [6.45, 7) is 2.06. The monoisotopic (exact) mass is 270 g/mol. The number of hydrogen-bond acceptors (Lipinski definition) is 2. The minimum atomic E-state index is -1.54. The van der Waals surface area contributed by atoms with Gasteiger partial charge in [0.1, 0.15) is 4.64 Å². The van der Waals surface area contributed by atoms with Crippen LogP contribution in [0.1, 0.15) is 24.9 Å². The zero-order valence-corrected chi connectivity index (χ0v) is 10.6. The Kier molecular flexibility index (Phi) is 4.19.